The van der Waals surface area contributed by atoms with Gasteiger partial charge in [-0.2, -0.15) is 0 Å². The van der Waals surface area contributed by atoms with Gasteiger partial charge in [-0.1, -0.05) is 79.9 Å². The van der Waals surface area contributed by atoms with Crippen LogP contribution in [-0.2, 0) is 17.9 Å². The second-order valence-corrected chi connectivity index (χ2v) is 6.68. The molecule has 0 heterocycles. The molecule has 0 saturated heterocycles. The van der Waals surface area contributed by atoms with Gasteiger partial charge in [-0.3, -0.25) is 0 Å². The molecule has 0 radical (unpaired) electrons. The van der Waals surface area contributed by atoms with Crippen molar-refractivity contribution in [2.24, 2.45) is 5.16 Å². The lowest BCUT2D eigenvalue weighted by atomic mass is 9.84. The van der Waals surface area contributed by atoms with Crippen molar-refractivity contribution in [2.75, 3.05) is 0 Å². The molecule has 1 aliphatic rings. The molecule has 2 nitrogen and oxygen atoms in total. The maximum absolute atomic E-state index is 5.44. The Morgan fingerprint density at radius 1 is 1.00 bits per heavy atom. The molecular weight excluding hydrogens is 294 g/mol. The summed E-state index contributed by atoms with van der Waals surface area (Å²) >= 11 is 0. The molecule has 0 aromatic heterocycles. The van der Waals surface area contributed by atoms with Crippen molar-refractivity contribution >= 4 is 6.21 Å². The summed E-state index contributed by atoms with van der Waals surface area (Å²) in [7, 11) is 0. The Kier molecular flexibility index (Phi) is 6.06. The number of hydrogen-bond acceptors (Lipinski definition) is 2. The molecule has 0 amide bonds. The second kappa shape index (κ2) is 8.68. The summed E-state index contributed by atoms with van der Waals surface area (Å²) in [6.07, 6.45) is 9.68. The van der Waals surface area contributed by atoms with Crippen LogP contribution in [0.1, 0.15) is 67.2 Å². The van der Waals surface area contributed by atoms with Gasteiger partial charge in [-0.05, 0) is 47.4 Å². The number of nitrogens with zero attached hydrogens (tertiary/aromatic N) is 1. The van der Waals surface area contributed by atoms with Gasteiger partial charge in [-0.15, -0.1) is 0 Å². The quantitative estimate of drug-likeness (QED) is 0.483. The van der Waals surface area contributed by atoms with E-state index in [2.05, 4.69) is 60.6 Å². The zero-order valence-electron chi connectivity index (χ0n) is 14.6. The summed E-state index contributed by atoms with van der Waals surface area (Å²) in [5.41, 5.74) is 5.07. The van der Waals surface area contributed by atoms with Gasteiger partial charge < -0.3 is 4.84 Å². The molecule has 24 heavy (non-hydrogen) atoms. The first-order valence-electron chi connectivity index (χ1n) is 9.18. The van der Waals surface area contributed by atoms with Gasteiger partial charge in [0.1, 0.15) is 6.61 Å². The summed E-state index contributed by atoms with van der Waals surface area (Å²) in [5, 5.41) is 4.11. The molecule has 1 saturated carbocycles. The largest absolute Gasteiger partial charge is 0.391 e. The lowest BCUT2D eigenvalue weighted by molar-refractivity contribution is 0.132. The van der Waals surface area contributed by atoms with Crippen molar-refractivity contribution < 1.29 is 4.84 Å². The van der Waals surface area contributed by atoms with Crippen molar-refractivity contribution in [3.63, 3.8) is 0 Å². The third-order valence-electron chi connectivity index (χ3n) is 4.92. The monoisotopic (exact) mass is 321 g/mol. The smallest absolute Gasteiger partial charge is 0.142 e. The van der Waals surface area contributed by atoms with Crippen LogP contribution >= 0.6 is 0 Å². The summed E-state index contributed by atoms with van der Waals surface area (Å²) < 4.78 is 0. The predicted octanol–water partition coefficient (Wildman–Crippen LogP) is 5.85. The second-order valence-electron chi connectivity index (χ2n) is 6.68. The molecule has 3 rings (SSSR count). The topological polar surface area (TPSA) is 21.6 Å². The molecule has 0 spiro atoms. The van der Waals surface area contributed by atoms with Gasteiger partial charge in [0.05, 0.1) is 6.21 Å². The van der Waals surface area contributed by atoms with Crippen LogP contribution in [0, 0.1) is 0 Å². The Balaban J connectivity index is 1.50. The maximum atomic E-state index is 5.44. The molecule has 0 aliphatic heterocycles. The highest BCUT2D eigenvalue weighted by atomic mass is 16.6. The molecule has 0 N–H and O–H groups in total. The Morgan fingerprint density at radius 2 is 1.75 bits per heavy atom. The van der Waals surface area contributed by atoms with E-state index in [0.29, 0.717) is 6.61 Å². The molecule has 2 aromatic carbocycles. The summed E-state index contributed by atoms with van der Waals surface area (Å²) in [6.45, 7) is 2.68. The molecule has 2 heteroatoms. The van der Waals surface area contributed by atoms with E-state index in [1.54, 1.807) is 6.21 Å². The van der Waals surface area contributed by atoms with E-state index in [0.717, 1.165) is 17.9 Å². The third-order valence-corrected chi connectivity index (χ3v) is 4.92. The number of benzene rings is 2. The van der Waals surface area contributed by atoms with Gasteiger partial charge in [0.15, 0.2) is 0 Å². The third kappa shape index (κ3) is 4.70. The zero-order valence-corrected chi connectivity index (χ0v) is 14.6. The van der Waals surface area contributed by atoms with Crippen molar-refractivity contribution in [2.45, 2.75) is 58.0 Å². The van der Waals surface area contributed by atoms with Crippen molar-refractivity contribution in [1.82, 2.24) is 0 Å². The van der Waals surface area contributed by atoms with Crippen LogP contribution < -0.4 is 0 Å². The molecular formula is C22H27NO. The van der Waals surface area contributed by atoms with Crippen LogP contribution in [0.2, 0.25) is 0 Å². The fraction of sp³-hybridized carbons (Fsp3) is 0.409. The van der Waals surface area contributed by atoms with E-state index >= 15 is 0 Å². The van der Waals surface area contributed by atoms with Gasteiger partial charge in [-0.25, -0.2) is 0 Å². The van der Waals surface area contributed by atoms with E-state index in [1.165, 1.54) is 48.8 Å². The minimum absolute atomic E-state index is 0.518. The number of rotatable bonds is 6. The number of hydrogen-bond donors (Lipinski definition) is 0. The first kappa shape index (κ1) is 16.8. The minimum atomic E-state index is 0.518. The van der Waals surface area contributed by atoms with Crippen LogP contribution in [0.5, 0.6) is 0 Å². The predicted molar refractivity (Wildman–Crippen MR) is 100 cm³/mol. The first-order valence-corrected chi connectivity index (χ1v) is 9.18. The van der Waals surface area contributed by atoms with Crippen LogP contribution in [-0.4, -0.2) is 6.21 Å². The molecule has 0 bridgehead atoms. The van der Waals surface area contributed by atoms with E-state index < -0.39 is 0 Å². The van der Waals surface area contributed by atoms with E-state index in [-0.39, 0.29) is 0 Å². The maximum Gasteiger partial charge on any atom is 0.142 e. The highest BCUT2D eigenvalue weighted by Gasteiger charge is 2.14. The van der Waals surface area contributed by atoms with Gasteiger partial charge in [0.25, 0.3) is 0 Å². The van der Waals surface area contributed by atoms with Crippen LogP contribution in [0.25, 0.3) is 0 Å². The minimum Gasteiger partial charge on any atom is -0.391 e. The summed E-state index contributed by atoms with van der Waals surface area (Å²) in [6, 6.07) is 17.3. The number of aryl methyl sites for hydroxylation is 1. The van der Waals surface area contributed by atoms with Crippen molar-refractivity contribution in [3.8, 4) is 0 Å². The molecule has 1 fully saturated rings. The fourth-order valence-electron chi connectivity index (χ4n) is 3.44. The Labute approximate surface area is 145 Å². The van der Waals surface area contributed by atoms with Gasteiger partial charge in [0.2, 0.25) is 0 Å². The van der Waals surface area contributed by atoms with Crippen molar-refractivity contribution in [3.05, 3.63) is 70.8 Å². The Hall–Kier alpha value is -2.09. The van der Waals surface area contributed by atoms with Crippen molar-refractivity contribution in [1.29, 1.82) is 0 Å². The molecule has 0 atom stereocenters. The molecule has 2 aromatic rings. The van der Waals surface area contributed by atoms with Crippen LogP contribution in [0.15, 0.2) is 53.7 Å². The van der Waals surface area contributed by atoms with Crippen LogP contribution in [0.4, 0.5) is 0 Å². The van der Waals surface area contributed by atoms with E-state index in [1.807, 2.05) is 0 Å². The Bertz CT molecular complexity index is 654. The fourth-order valence-corrected chi connectivity index (χ4v) is 3.44. The van der Waals surface area contributed by atoms with Gasteiger partial charge in [0, 0.05) is 0 Å². The standard InChI is InChI=1S/C22H27NO/c1-2-18-7-6-8-20(15-18)17-24-23-16-19-11-13-22(14-12-19)21-9-4-3-5-10-21/h6-8,11-16,21H,2-5,9-10,17H2,1H3. The van der Waals surface area contributed by atoms with E-state index in [4.69, 9.17) is 4.84 Å². The van der Waals surface area contributed by atoms with E-state index in [9.17, 15) is 0 Å². The highest BCUT2D eigenvalue weighted by Crippen LogP contribution is 2.32. The first-order chi connectivity index (χ1) is 11.8. The van der Waals surface area contributed by atoms with Gasteiger partial charge >= 0.3 is 0 Å². The lowest BCUT2D eigenvalue weighted by Gasteiger charge is -2.21. The summed E-state index contributed by atoms with van der Waals surface area (Å²) in [5.74, 6) is 0.756. The molecule has 0 unspecified atom stereocenters. The Morgan fingerprint density at radius 3 is 2.50 bits per heavy atom. The van der Waals surface area contributed by atoms with Crippen LogP contribution in [0.3, 0.4) is 0 Å². The summed E-state index contributed by atoms with van der Waals surface area (Å²) in [4.78, 5) is 5.44. The average molecular weight is 321 g/mol. The number of oxime groups is 1. The molecule has 1 aliphatic carbocycles. The SMILES string of the molecule is CCc1cccc(CON=Cc2ccc(C3CCCCC3)cc2)c1. The lowest BCUT2D eigenvalue weighted by Crippen LogP contribution is -2.04. The normalized spacial score (nSPS) is 15.7. The molecule has 126 valence electrons. The zero-order chi connectivity index (χ0) is 16.6. The highest BCUT2D eigenvalue weighted by molar-refractivity contribution is 5.79. The average Bonchev–Trinajstić information content (AvgIpc) is 2.67.